The standard InChI is InChI=1S/C10H10O2/c1-12-10(11)9-6-8(9)7-4-2-3-5-7/h2-5,9H,6H2,1H3. The monoisotopic (exact) mass is 162 g/mol. The van der Waals surface area contributed by atoms with E-state index in [1.807, 2.05) is 24.3 Å². The van der Waals surface area contributed by atoms with Crippen LogP contribution >= 0.6 is 0 Å². The minimum Gasteiger partial charge on any atom is -0.469 e. The highest BCUT2D eigenvalue weighted by Gasteiger charge is 2.39. The molecule has 0 aromatic carbocycles. The van der Waals surface area contributed by atoms with E-state index in [0.29, 0.717) is 0 Å². The maximum Gasteiger partial charge on any atom is 0.313 e. The van der Waals surface area contributed by atoms with Crippen LogP contribution in [0.1, 0.15) is 6.42 Å². The second kappa shape index (κ2) is 2.63. The maximum atomic E-state index is 11.0. The molecule has 2 nitrogen and oxygen atoms in total. The third-order valence-corrected chi connectivity index (χ3v) is 2.20. The van der Waals surface area contributed by atoms with Crippen molar-refractivity contribution in [3.8, 4) is 0 Å². The van der Waals surface area contributed by atoms with Gasteiger partial charge in [0.25, 0.3) is 0 Å². The topological polar surface area (TPSA) is 26.3 Å². The lowest BCUT2D eigenvalue weighted by Gasteiger charge is -1.92. The molecule has 0 saturated heterocycles. The molecule has 2 aliphatic carbocycles. The Labute approximate surface area is 71.2 Å². The van der Waals surface area contributed by atoms with Crippen molar-refractivity contribution >= 4 is 5.97 Å². The zero-order valence-electron chi connectivity index (χ0n) is 6.91. The molecule has 2 heteroatoms. The van der Waals surface area contributed by atoms with E-state index in [1.165, 1.54) is 18.3 Å². The molecule has 0 aromatic heterocycles. The van der Waals surface area contributed by atoms with Crippen molar-refractivity contribution in [2.24, 2.45) is 5.92 Å². The van der Waals surface area contributed by atoms with Gasteiger partial charge in [-0.15, -0.1) is 0 Å². The molecule has 1 atom stereocenters. The lowest BCUT2D eigenvalue weighted by atomic mass is 10.2. The molecule has 0 radical (unpaired) electrons. The smallest absolute Gasteiger partial charge is 0.313 e. The highest BCUT2D eigenvalue weighted by atomic mass is 16.5. The van der Waals surface area contributed by atoms with Gasteiger partial charge in [-0.05, 0) is 17.6 Å². The minimum atomic E-state index is -0.105. The Morgan fingerprint density at radius 3 is 2.75 bits per heavy atom. The Balaban J connectivity index is 2.12. The Morgan fingerprint density at radius 2 is 2.17 bits per heavy atom. The highest BCUT2D eigenvalue weighted by Crippen LogP contribution is 2.42. The molecule has 2 rings (SSSR count). The highest BCUT2D eigenvalue weighted by molar-refractivity contribution is 5.82. The number of allylic oxidation sites excluding steroid dienone is 5. The summed E-state index contributed by atoms with van der Waals surface area (Å²) in [5, 5.41) is 0. The third kappa shape index (κ3) is 1.09. The summed E-state index contributed by atoms with van der Waals surface area (Å²) in [6.45, 7) is 0. The first-order chi connectivity index (χ1) is 5.83. The van der Waals surface area contributed by atoms with Gasteiger partial charge in [0.2, 0.25) is 0 Å². The molecule has 0 amide bonds. The van der Waals surface area contributed by atoms with E-state index in [2.05, 4.69) is 4.74 Å². The van der Waals surface area contributed by atoms with Gasteiger partial charge in [-0.1, -0.05) is 24.3 Å². The van der Waals surface area contributed by atoms with Gasteiger partial charge in [0.05, 0.1) is 13.0 Å². The van der Waals surface area contributed by atoms with E-state index in [1.54, 1.807) is 0 Å². The normalized spacial score (nSPS) is 24.9. The predicted molar refractivity (Wildman–Crippen MR) is 45.4 cm³/mol. The van der Waals surface area contributed by atoms with E-state index < -0.39 is 0 Å². The van der Waals surface area contributed by atoms with E-state index in [0.717, 1.165) is 6.42 Å². The predicted octanol–water partition coefficient (Wildman–Crippen LogP) is 1.60. The third-order valence-electron chi connectivity index (χ3n) is 2.20. The van der Waals surface area contributed by atoms with Crippen molar-refractivity contribution in [3.63, 3.8) is 0 Å². The van der Waals surface area contributed by atoms with Crippen molar-refractivity contribution < 1.29 is 9.53 Å². The van der Waals surface area contributed by atoms with Crippen molar-refractivity contribution in [1.82, 2.24) is 0 Å². The Morgan fingerprint density at radius 1 is 1.50 bits per heavy atom. The number of esters is 1. The summed E-state index contributed by atoms with van der Waals surface area (Å²) in [4.78, 5) is 11.0. The van der Waals surface area contributed by atoms with Gasteiger partial charge in [0, 0.05) is 0 Å². The number of carbonyl (C=O) groups is 1. The molecule has 12 heavy (non-hydrogen) atoms. The molecule has 62 valence electrons. The summed E-state index contributed by atoms with van der Waals surface area (Å²) >= 11 is 0. The summed E-state index contributed by atoms with van der Waals surface area (Å²) in [7, 11) is 1.43. The lowest BCUT2D eigenvalue weighted by molar-refractivity contribution is -0.141. The molecule has 2 aliphatic rings. The van der Waals surface area contributed by atoms with Crippen LogP contribution in [-0.4, -0.2) is 13.1 Å². The first kappa shape index (κ1) is 7.35. The van der Waals surface area contributed by atoms with Gasteiger partial charge < -0.3 is 4.74 Å². The van der Waals surface area contributed by atoms with Crippen molar-refractivity contribution in [2.75, 3.05) is 7.11 Å². The number of hydrogen-bond acceptors (Lipinski definition) is 2. The van der Waals surface area contributed by atoms with Gasteiger partial charge in [-0.25, -0.2) is 0 Å². The van der Waals surface area contributed by atoms with E-state index in [-0.39, 0.29) is 11.9 Å². The van der Waals surface area contributed by atoms with Gasteiger partial charge in [-0.3, -0.25) is 4.79 Å². The fourth-order valence-corrected chi connectivity index (χ4v) is 1.44. The molecule has 0 N–H and O–H groups in total. The number of methoxy groups -OCH3 is 1. The lowest BCUT2D eigenvalue weighted by Crippen LogP contribution is -2.01. The van der Waals surface area contributed by atoms with Gasteiger partial charge >= 0.3 is 5.97 Å². The van der Waals surface area contributed by atoms with E-state index >= 15 is 0 Å². The molecule has 1 unspecified atom stereocenters. The average molecular weight is 162 g/mol. The van der Waals surface area contributed by atoms with Crippen LogP contribution < -0.4 is 0 Å². The van der Waals surface area contributed by atoms with Crippen LogP contribution in [0.3, 0.4) is 0 Å². The van der Waals surface area contributed by atoms with Crippen LogP contribution in [-0.2, 0) is 9.53 Å². The SMILES string of the molecule is COC(=O)C1CC1=C1C=CC=C1. The Bertz CT molecular complexity index is 294. The number of rotatable bonds is 1. The average Bonchev–Trinajstić information content (AvgIpc) is 2.71. The maximum absolute atomic E-state index is 11.0. The fourth-order valence-electron chi connectivity index (χ4n) is 1.44. The van der Waals surface area contributed by atoms with Gasteiger partial charge in [-0.2, -0.15) is 0 Å². The molecule has 0 spiro atoms. The summed E-state index contributed by atoms with van der Waals surface area (Å²) in [5.41, 5.74) is 2.40. The molecule has 1 saturated carbocycles. The second-order valence-corrected chi connectivity index (χ2v) is 2.98. The summed E-state index contributed by atoms with van der Waals surface area (Å²) < 4.78 is 4.64. The van der Waals surface area contributed by atoms with Gasteiger partial charge in [0.15, 0.2) is 0 Å². The van der Waals surface area contributed by atoms with Crippen LogP contribution in [0.2, 0.25) is 0 Å². The molecule has 0 aliphatic heterocycles. The van der Waals surface area contributed by atoms with E-state index in [4.69, 9.17) is 0 Å². The number of ether oxygens (including phenoxy) is 1. The van der Waals surface area contributed by atoms with E-state index in [9.17, 15) is 4.79 Å². The second-order valence-electron chi connectivity index (χ2n) is 2.98. The van der Waals surface area contributed by atoms with Crippen LogP contribution in [0.4, 0.5) is 0 Å². The quantitative estimate of drug-likeness (QED) is 0.547. The molecule has 1 fully saturated rings. The first-order valence-electron chi connectivity index (χ1n) is 3.98. The zero-order valence-corrected chi connectivity index (χ0v) is 6.91. The molecule has 0 heterocycles. The van der Waals surface area contributed by atoms with Crippen LogP contribution in [0, 0.1) is 5.92 Å². The molecule has 0 bridgehead atoms. The summed E-state index contributed by atoms with van der Waals surface area (Å²) in [5.74, 6) is -0.0661. The molecule has 0 aromatic rings. The summed E-state index contributed by atoms with van der Waals surface area (Å²) in [6, 6.07) is 0. The van der Waals surface area contributed by atoms with Crippen molar-refractivity contribution in [2.45, 2.75) is 6.42 Å². The molecular weight excluding hydrogens is 152 g/mol. The largest absolute Gasteiger partial charge is 0.469 e. The van der Waals surface area contributed by atoms with Crippen LogP contribution in [0.5, 0.6) is 0 Å². The number of hydrogen-bond donors (Lipinski definition) is 0. The van der Waals surface area contributed by atoms with Crippen LogP contribution in [0.25, 0.3) is 0 Å². The van der Waals surface area contributed by atoms with Crippen molar-refractivity contribution in [3.05, 3.63) is 35.5 Å². The fraction of sp³-hybridized carbons (Fsp3) is 0.300. The summed E-state index contributed by atoms with van der Waals surface area (Å²) in [6.07, 6.45) is 8.89. The Kier molecular flexibility index (Phi) is 1.61. The van der Waals surface area contributed by atoms with Crippen LogP contribution in [0.15, 0.2) is 35.5 Å². The minimum absolute atomic E-state index is 0.0393. The first-order valence-corrected chi connectivity index (χ1v) is 3.98. The zero-order chi connectivity index (χ0) is 8.55. The Hall–Kier alpha value is -1.31. The van der Waals surface area contributed by atoms with Crippen molar-refractivity contribution in [1.29, 1.82) is 0 Å². The number of carbonyl (C=O) groups excluding carboxylic acids is 1. The molecular formula is C10H10O2. The van der Waals surface area contributed by atoms with Gasteiger partial charge in [0.1, 0.15) is 0 Å².